The van der Waals surface area contributed by atoms with Crippen LogP contribution in [0.5, 0.6) is 0 Å². The van der Waals surface area contributed by atoms with E-state index in [0.717, 1.165) is 29.4 Å². The van der Waals surface area contributed by atoms with Crippen LogP contribution in [0, 0.1) is 11.8 Å². The van der Waals surface area contributed by atoms with Crippen LogP contribution in [0.25, 0.3) is 0 Å². The molecule has 3 aromatic carbocycles. The van der Waals surface area contributed by atoms with Gasteiger partial charge in [-0.2, -0.15) is 0 Å². The van der Waals surface area contributed by atoms with Crippen molar-refractivity contribution in [3.8, 4) is 0 Å². The van der Waals surface area contributed by atoms with Gasteiger partial charge in [0.1, 0.15) is 11.9 Å². The summed E-state index contributed by atoms with van der Waals surface area (Å²) in [5.41, 5.74) is 2.17. The van der Waals surface area contributed by atoms with Crippen molar-refractivity contribution in [3.63, 3.8) is 0 Å². The van der Waals surface area contributed by atoms with Gasteiger partial charge in [0.25, 0.3) is 0 Å². The molecule has 3 nitrogen and oxygen atoms in total. The highest BCUT2D eigenvalue weighted by Gasteiger charge is 2.38. The van der Waals surface area contributed by atoms with E-state index in [2.05, 4.69) is 43.0 Å². The molecule has 0 bridgehead atoms. The Hall–Kier alpha value is -3.01. The molecule has 0 amide bonds. The first-order chi connectivity index (χ1) is 16.9. The zero-order chi connectivity index (χ0) is 25.2. The number of rotatable bonds is 13. The lowest BCUT2D eigenvalue weighted by atomic mass is 9.79. The maximum Gasteiger partial charge on any atom is 0.143 e. The Kier molecular flexibility index (Phi) is 9.59. The van der Waals surface area contributed by atoms with Crippen LogP contribution >= 0.6 is 0 Å². The molecule has 0 unspecified atom stereocenters. The van der Waals surface area contributed by atoms with Crippen molar-refractivity contribution in [2.75, 3.05) is 13.2 Å². The van der Waals surface area contributed by atoms with E-state index in [4.69, 9.17) is 9.47 Å². The number of carbonyl (C=O) groups excluding carboxylic acids is 1. The molecule has 0 N–H and O–H groups in total. The predicted molar refractivity (Wildman–Crippen MR) is 143 cm³/mol. The fourth-order valence-electron chi connectivity index (χ4n) is 4.53. The van der Waals surface area contributed by atoms with Crippen LogP contribution in [0.15, 0.2) is 104 Å². The third-order valence-corrected chi connectivity index (χ3v) is 6.36. The van der Waals surface area contributed by atoms with Gasteiger partial charge in [0, 0.05) is 18.9 Å². The van der Waals surface area contributed by atoms with Gasteiger partial charge in [0.15, 0.2) is 0 Å². The van der Waals surface area contributed by atoms with Gasteiger partial charge >= 0.3 is 0 Å². The first kappa shape index (κ1) is 26.6. The number of hydrogen-bond donors (Lipinski definition) is 0. The molecule has 3 rings (SSSR count). The molecule has 3 heteroatoms. The monoisotopic (exact) mass is 470 g/mol. The van der Waals surface area contributed by atoms with E-state index in [1.165, 1.54) is 0 Å². The number of ether oxygens (including phenoxy) is 2. The summed E-state index contributed by atoms with van der Waals surface area (Å²) in [5.74, 6) is 0.0895. The Morgan fingerprint density at radius 1 is 0.771 bits per heavy atom. The van der Waals surface area contributed by atoms with Crippen LogP contribution in [0.4, 0.5) is 0 Å². The average molecular weight is 471 g/mol. The third kappa shape index (κ3) is 7.00. The van der Waals surface area contributed by atoms with Crippen LogP contribution < -0.4 is 0 Å². The summed E-state index contributed by atoms with van der Waals surface area (Å²) >= 11 is 0. The molecule has 35 heavy (non-hydrogen) atoms. The van der Waals surface area contributed by atoms with Gasteiger partial charge in [-0.1, -0.05) is 97.1 Å². The molecular formula is C32H38O3. The lowest BCUT2D eigenvalue weighted by molar-refractivity contribution is -0.109. The number of hydrogen-bond acceptors (Lipinski definition) is 3. The molecule has 0 aliphatic rings. The second kappa shape index (κ2) is 12.6. The van der Waals surface area contributed by atoms with E-state index in [9.17, 15) is 4.79 Å². The fourth-order valence-corrected chi connectivity index (χ4v) is 4.53. The zero-order valence-corrected chi connectivity index (χ0v) is 21.2. The van der Waals surface area contributed by atoms with E-state index in [1.54, 1.807) is 0 Å². The largest absolute Gasteiger partial charge is 0.376 e. The molecular weight excluding hydrogens is 432 g/mol. The van der Waals surface area contributed by atoms with Gasteiger partial charge in [0.05, 0.1) is 12.2 Å². The van der Waals surface area contributed by atoms with Crippen molar-refractivity contribution in [2.45, 2.75) is 44.8 Å². The molecule has 0 aliphatic carbocycles. The van der Waals surface area contributed by atoms with Crippen molar-refractivity contribution in [1.82, 2.24) is 0 Å². The summed E-state index contributed by atoms with van der Waals surface area (Å²) in [7, 11) is 0. The molecule has 0 aromatic heterocycles. The number of carbonyl (C=O) groups is 1. The lowest BCUT2D eigenvalue weighted by Gasteiger charge is -2.38. The first-order valence-corrected chi connectivity index (χ1v) is 12.4. The lowest BCUT2D eigenvalue weighted by Crippen LogP contribution is -2.36. The summed E-state index contributed by atoms with van der Waals surface area (Å²) in [6.45, 7) is 11.3. The Morgan fingerprint density at radius 3 is 1.60 bits per heavy atom. The minimum Gasteiger partial charge on any atom is -0.376 e. The minimum absolute atomic E-state index is 0.000667. The number of aldehydes is 1. The second-order valence-corrected chi connectivity index (χ2v) is 9.90. The van der Waals surface area contributed by atoms with Crippen molar-refractivity contribution in [2.24, 2.45) is 11.8 Å². The van der Waals surface area contributed by atoms with Crippen molar-refractivity contribution in [1.29, 1.82) is 0 Å². The van der Waals surface area contributed by atoms with E-state index in [-0.39, 0.29) is 17.4 Å². The minimum atomic E-state index is -0.793. The first-order valence-electron chi connectivity index (χ1n) is 12.4. The molecule has 0 heterocycles. The predicted octanol–water partition coefficient (Wildman–Crippen LogP) is 7.21. The van der Waals surface area contributed by atoms with Crippen LogP contribution in [0.2, 0.25) is 0 Å². The van der Waals surface area contributed by atoms with Gasteiger partial charge in [-0.15, -0.1) is 6.58 Å². The van der Waals surface area contributed by atoms with Crippen LogP contribution in [-0.2, 0) is 19.9 Å². The Balaban J connectivity index is 1.98. The molecule has 0 spiro atoms. The highest BCUT2D eigenvalue weighted by molar-refractivity contribution is 5.50. The van der Waals surface area contributed by atoms with Crippen LogP contribution in [0.3, 0.4) is 0 Å². The van der Waals surface area contributed by atoms with Crippen molar-refractivity contribution < 1.29 is 14.3 Å². The van der Waals surface area contributed by atoms with E-state index in [0.29, 0.717) is 19.6 Å². The SMILES string of the molecule is C=C[C@@H](COC(c1ccccc1)(c1ccccc1)c1ccccc1)[C@H](CC=O)CCOC(C)(C)C. The third-order valence-electron chi connectivity index (χ3n) is 6.36. The van der Waals surface area contributed by atoms with E-state index < -0.39 is 5.60 Å². The quantitative estimate of drug-likeness (QED) is 0.150. The van der Waals surface area contributed by atoms with Crippen molar-refractivity contribution in [3.05, 3.63) is 120 Å². The Bertz CT molecular complexity index is 926. The summed E-state index contributed by atoms with van der Waals surface area (Å²) in [6.07, 6.45) is 4.14. The van der Waals surface area contributed by atoms with E-state index >= 15 is 0 Å². The summed E-state index contributed by atoms with van der Waals surface area (Å²) in [4.78, 5) is 11.5. The highest BCUT2D eigenvalue weighted by Crippen LogP contribution is 2.41. The topological polar surface area (TPSA) is 35.5 Å². The summed E-state index contributed by atoms with van der Waals surface area (Å²) in [5, 5.41) is 0. The molecule has 3 aromatic rings. The summed E-state index contributed by atoms with van der Waals surface area (Å²) in [6, 6.07) is 31.0. The molecule has 184 valence electrons. The molecule has 0 saturated carbocycles. The van der Waals surface area contributed by atoms with E-state index in [1.807, 2.05) is 81.4 Å². The van der Waals surface area contributed by atoms with Gasteiger partial charge in [-0.25, -0.2) is 0 Å². The van der Waals surface area contributed by atoms with Gasteiger partial charge < -0.3 is 14.3 Å². The highest BCUT2D eigenvalue weighted by atomic mass is 16.5. The number of benzene rings is 3. The maximum absolute atomic E-state index is 11.5. The molecule has 0 fully saturated rings. The van der Waals surface area contributed by atoms with Gasteiger partial charge in [-0.05, 0) is 49.8 Å². The van der Waals surface area contributed by atoms with Gasteiger partial charge in [-0.3, -0.25) is 0 Å². The molecule has 0 aliphatic heterocycles. The normalized spacial score (nSPS) is 13.7. The zero-order valence-electron chi connectivity index (χ0n) is 21.2. The van der Waals surface area contributed by atoms with Gasteiger partial charge in [0.2, 0.25) is 0 Å². The molecule has 0 radical (unpaired) electrons. The standard InChI is InChI=1S/C32H38O3/c1-5-26(27(21-23-33)22-24-34-31(2,3)4)25-35-32(28-15-9-6-10-16-28,29-17-11-7-12-18-29)30-19-13-8-14-20-30/h5-20,23,26-27H,1,21-22,24-25H2,2-4H3/t26-,27+/m0/s1. The van der Waals surface area contributed by atoms with Crippen molar-refractivity contribution >= 4 is 6.29 Å². The average Bonchev–Trinajstić information content (AvgIpc) is 2.87. The Labute approximate surface area is 210 Å². The Morgan fingerprint density at radius 2 is 1.23 bits per heavy atom. The summed E-state index contributed by atoms with van der Waals surface area (Å²) < 4.78 is 13.0. The fraction of sp³-hybridized carbons (Fsp3) is 0.344. The second-order valence-electron chi connectivity index (χ2n) is 9.90. The van der Waals surface area contributed by atoms with Crippen LogP contribution in [-0.4, -0.2) is 25.1 Å². The molecule has 2 atom stereocenters. The smallest absolute Gasteiger partial charge is 0.143 e. The maximum atomic E-state index is 11.5. The van der Waals surface area contributed by atoms with Crippen LogP contribution in [0.1, 0.15) is 50.3 Å². The molecule has 0 saturated heterocycles.